The van der Waals surface area contributed by atoms with Gasteiger partial charge in [0, 0.05) is 18.7 Å². The molecule has 0 saturated heterocycles. The average molecular weight is 285 g/mol. The Bertz CT molecular complexity index is 543. The molecule has 0 aliphatic heterocycles. The van der Waals surface area contributed by atoms with Crippen LogP contribution in [0.1, 0.15) is 30.6 Å². The van der Waals surface area contributed by atoms with Gasteiger partial charge in [-0.25, -0.2) is 14.3 Å². The third-order valence-corrected chi connectivity index (χ3v) is 4.66. The van der Waals surface area contributed by atoms with E-state index in [1.54, 1.807) is 6.92 Å². The largest absolute Gasteiger partial charge is 0.290 e. The minimum atomic E-state index is -3.57. The molecule has 0 aliphatic carbocycles. The number of nitrogens with one attached hydrogen (secondary N) is 1. The van der Waals surface area contributed by atoms with E-state index in [1.165, 1.54) is 28.6 Å². The first kappa shape index (κ1) is 15.6. The summed E-state index contributed by atoms with van der Waals surface area (Å²) >= 11 is 0. The lowest BCUT2D eigenvalue weighted by Gasteiger charge is -2.19. The molecule has 0 radical (unpaired) electrons. The molecule has 0 bridgehead atoms. The van der Waals surface area contributed by atoms with Crippen molar-refractivity contribution in [3.05, 3.63) is 29.8 Å². The Balaban J connectivity index is 3.17. The van der Waals surface area contributed by atoms with Crippen molar-refractivity contribution in [1.82, 2.24) is 9.73 Å². The lowest BCUT2D eigenvalue weighted by atomic mass is 10.2. The summed E-state index contributed by atoms with van der Waals surface area (Å²) in [6, 6.07) is 5.84. The molecule has 0 atom stereocenters. The van der Waals surface area contributed by atoms with Gasteiger partial charge in [-0.3, -0.25) is 10.2 Å². The first-order valence-electron chi connectivity index (χ1n) is 6.08. The second-order valence-corrected chi connectivity index (χ2v) is 5.94. The minimum Gasteiger partial charge on any atom is -0.290 e. The molecular weight excluding hydrogens is 266 g/mol. The molecule has 0 heterocycles. The number of carbonyl (C=O) groups excluding carboxylic acids is 1. The topological polar surface area (TPSA) is 92.5 Å². The number of nitrogens with zero attached hydrogens (tertiary/aromatic N) is 1. The van der Waals surface area contributed by atoms with Gasteiger partial charge in [0.25, 0.3) is 5.91 Å². The molecule has 106 valence electrons. The molecule has 0 spiro atoms. The van der Waals surface area contributed by atoms with Gasteiger partial charge in [-0.15, -0.1) is 0 Å². The summed E-state index contributed by atoms with van der Waals surface area (Å²) in [5.74, 6) is 4.52. The summed E-state index contributed by atoms with van der Waals surface area (Å²) in [4.78, 5) is 11.5. The van der Waals surface area contributed by atoms with Gasteiger partial charge in [0.05, 0.1) is 4.90 Å². The Labute approximate surface area is 113 Å². The van der Waals surface area contributed by atoms with Gasteiger partial charge in [-0.05, 0) is 24.6 Å². The number of nitrogen functional groups attached to an aromatic ring is 1. The van der Waals surface area contributed by atoms with Crippen molar-refractivity contribution in [1.29, 1.82) is 0 Å². The molecule has 7 heteroatoms. The average Bonchev–Trinajstić information content (AvgIpc) is 2.43. The molecule has 3 N–H and O–H groups in total. The molecule has 6 nitrogen and oxygen atoms in total. The first-order valence-corrected chi connectivity index (χ1v) is 7.52. The number of carbonyl (C=O) groups is 1. The molecule has 1 aromatic carbocycles. The predicted molar refractivity (Wildman–Crippen MR) is 72.8 cm³/mol. The van der Waals surface area contributed by atoms with Crippen LogP contribution < -0.4 is 11.3 Å². The zero-order chi connectivity index (χ0) is 14.5. The molecule has 0 saturated carbocycles. The number of hydrazine groups is 1. The van der Waals surface area contributed by atoms with E-state index in [0.717, 1.165) is 6.42 Å². The van der Waals surface area contributed by atoms with Crippen molar-refractivity contribution < 1.29 is 13.2 Å². The van der Waals surface area contributed by atoms with E-state index in [2.05, 4.69) is 0 Å². The van der Waals surface area contributed by atoms with Crippen LogP contribution in [0, 0.1) is 0 Å². The molecule has 0 aliphatic rings. The van der Waals surface area contributed by atoms with E-state index in [-0.39, 0.29) is 10.5 Å². The Morgan fingerprint density at radius 2 is 2.05 bits per heavy atom. The SMILES string of the molecule is CCCN(CC)S(=O)(=O)c1cccc(C(=O)NN)c1. The summed E-state index contributed by atoms with van der Waals surface area (Å²) in [5, 5.41) is 0. The van der Waals surface area contributed by atoms with E-state index < -0.39 is 15.9 Å². The van der Waals surface area contributed by atoms with Gasteiger partial charge in [-0.1, -0.05) is 19.9 Å². The van der Waals surface area contributed by atoms with Crippen molar-refractivity contribution in [3.8, 4) is 0 Å². The van der Waals surface area contributed by atoms with E-state index in [9.17, 15) is 13.2 Å². The van der Waals surface area contributed by atoms with E-state index >= 15 is 0 Å². The number of amides is 1. The maximum absolute atomic E-state index is 12.4. The highest BCUT2D eigenvalue weighted by Crippen LogP contribution is 2.17. The first-order chi connectivity index (χ1) is 8.97. The predicted octanol–water partition coefficient (Wildman–Crippen LogP) is 0.711. The Kier molecular flexibility index (Phi) is 5.46. The quantitative estimate of drug-likeness (QED) is 0.457. The number of hydrogen-bond donors (Lipinski definition) is 2. The smallest absolute Gasteiger partial charge is 0.265 e. The van der Waals surface area contributed by atoms with Crippen molar-refractivity contribution >= 4 is 15.9 Å². The van der Waals surface area contributed by atoms with E-state index in [0.29, 0.717) is 13.1 Å². The fourth-order valence-electron chi connectivity index (χ4n) is 1.73. The summed E-state index contributed by atoms with van der Waals surface area (Å²) in [6.45, 7) is 4.54. The van der Waals surface area contributed by atoms with Crippen LogP contribution in [-0.2, 0) is 10.0 Å². The number of hydrogen-bond acceptors (Lipinski definition) is 4. The molecule has 1 aromatic rings. The van der Waals surface area contributed by atoms with Crippen LogP contribution in [0.3, 0.4) is 0 Å². The summed E-state index contributed by atoms with van der Waals surface area (Å²) in [7, 11) is -3.57. The fourth-order valence-corrected chi connectivity index (χ4v) is 3.32. The summed E-state index contributed by atoms with van der Waals surface area (Å²) < 4.78 is 26.1. The second kappa shape index (κ2) is 6.65. The number of rotatable bonds is 6. The van der Waals surface area contributed by atoms with E-state index in [1.807, 2.05) is 12.3 Å². The molecule has 19 heavy (non-hydrogen) atoms. The number of benzene rings is 1. The van der Waals surface area contributed by atoms with E-state index in [4.69, 9.17) is 5.84 Å². The van der Waals surface area contributed by atoms with Crippen LogP contribution in [0.5, 0.6) is 0 Å². The second-order valence-electron chi connectivity index (χ2n) is 4.00. The van der Waals surface area contributed by atoms with Gasteiger partial charge in [0.1, 0.15) is 0 Å². The van der Waals surface area contributed by atoms with Crippen LogP contribution in [0.25, 0.3) is 0 Å². The Morgan fingerprint density at radius 1 is 1.37 bits per heavy atom. The molecule has 0 fully saturated rings. The maximum atomic E-state index is 12.4. The van der Waals surface area contributed by atoms with Crippen molar-refractivity contribution in [2.75, 3.05) is 13.1 Å². The molecular formula is C12H19N3O3S. The Hall–Kier alpha value is -1.44. The molecule has 0 unspecified atom stereocenters. The Morgan fingerprint density at radius 3 is 2.58 bits per heavy atom. The normalized spacial score (nSPS) is 11.6. The lowest BCUT2D eigenvalue weighted by Crippen LogP contribution is -2.32. The highest BCUT2D eigenvalue weighted by molar-refractivity contribution is 7.89. The standard InChI is InChI=1S/C12H19N3O3S/c1-3-8-15(4-2)19(17,18)11-7-5-6-10(9-11)12(16)14-13/h5-7,9H,3-4,8,13H2,1-2H3,(H,14,16). The van der Waals surface area contributed by atoms with Crippen molar-refractivity contribution in [2.45, 2.75) is 25.2 Å². The van der Waals surface area contributed by atoms with Crippen molar-refractivity contribution in [3.63, 3.8) is 0 Å². The summed E-state index contributed by atoms with van der Waals surface area (Å²) in [6.07, 6.45) is 0.732. The van der Waals surface area contributed by atoms with Crippen LogP contribution in [0.4, 0.5) is 0 Å². The monoisotopic (exact) mass is 285 g/mol. The zero-order valence-corrected chi connectivity index (χ0v) is 11.9. The number of nitrogens with two attached hydrogens (primary N) is 1. The van der Waals surface area contributed by atoms with Crippen molar-refractivity contribution in [2.24, 2.45) is 5.84 Å². The fraction of sp³-hybridized carbons (Fsp3) is 0.417. The minimum absolute atomic E-state index is 0.101. The third-order valence-electron chi connectivity index (χ3n) is 2.69. The van der Waals surface area contributed by atoms with Gasteiger partial charge < -0.3 is 0 Å². The van der Waals surface area contributed by atoms with Crippen LogP contribution in [-0.4, -0.2) is 31.7 Å². The molecule has 1 rings (SSSR count). The maximum Gasteiger partial charge on any atom is 0.265 e. The zero-order valence-electron chi connectivity index (χ0n) is 11.1. The highest BCUT2D eigenvalue weighted by atomic mass is 32.2. The van der Waals surface area contributed by atoms with Crippen LogP contribution in [0.2, 0.25) is 0 Å². The lowest BCUT2D eigenvalue weighted by molar-refractivity contribution is 0.0953. The van der Waals surface area contributed by atoms with Crippen LogP contribution >= 0.6 is 0 Å². The van der Waals surface area contributed by atoms with Crippen LogP contribution in [0.15, 0.2) is 29.2 Å². The summed E-state index contributed by atoms with van der Waals surface area (Å²) in [5.41, 5.74) is 2.20. The van der Waals surface area contributed by atoms with Gasteiger partial charge in [0.15, 0.2) is 0 Å². The third kappa shape index (κ3) is 3.52. The van der Waals surface area contributed by atoms with Gasteiger partial charge in [-0.2, -0.15) is 4.31 Å². The molecule has 1 amide bonds. The number of sulfonamides is 1. The van der Waals surface area contributed by atoms with Gasteiger partial charge >= 0.3 is 0 Å². The van der Waals surface area contributed by atoms with Gasteiger partial charge in [0.2, 0.25) is 10.0 Å². The highest BCUT2D eigenvalue weighted by Gasteiger charge is 2.22. The molecule has 0 aromatic heterocycles.